The Morgan fingerprint density at radius 1 is 1.38 bits per heavy atom. The summed E-state index contributed by atoms with van der Waals surface area (Å²) in [6.07, 6.45) is 4.95. The maximum atomic E-state index is 3.63. The Bertz CT molecular complexity index is 219. The molecule has 1 fully saturated rings. The van der Waals surface area contributed by atoms with E-state index in [0.29, 0.717) is 0 Å². The Kier molecular flexibility index (Phi) is 6.07. The van der Waals surface area contributed by atoms with Gasteiger partial charge in [-0.25, -0.2) is 0 Å². The fraction of sp³-hybridized carbons (Fsp3) is 0.857. The van der Waals surface area contributed by atoms with Crippen molar-refractivity contribution in [2.45, 2.75) is 46.6 Å². The van der Waals surface area contributed by atoms with Gasteiger partial charge in [-0.2, -0.15) is 0 Å². The monoisotopic (exact) mass is 224 g/mol. The minimum atomic E-state index is 0.748. The summed E-state index contributed by atoms with van der Waals surface area (Å²) in [4.78, 5) is 2.59. The molecule has 0 amide bonds. The molecule has 16 heavy (non-hydrogen) atoms. The third-order valence-corrected chi connectivity index (χ3v) is 3.57. The molecule has 2 nitrogen and oxygen atoms in total. The number of hydrogen-bond donors (Lipinski definition) is 1. The summed E-state index contributed by atoms with van der Waals surface area (Å²) in [5.74, 6) is 0.833. The highest BCUT2D eigenvalue weighted by Crippen LogP contribution is 2.20. The van der Waals surface area contributed by atoms with Crippen molar-refractivity contribution in [3.05, 3.63) is 11.6 Å². The van der Waals surface area contributed by atoms with Crippen molar-refractivity contribution in [3.8, 4) is 0 Å². The molecule has 2 unspecified atom stereocenters. The SMILES string of the molecule is CCNC1CCN(CC=C(C)C)CC1CC. The molecule has 0 saturated carbocycles. The van der Waals surface area contributed by atoms with Gasteiger partial charge in [-0.15, -0.1) is 0 Å². The molecule has 2 heteroatoms. The van der Waals surface area contributed by atoms with E-state index in [1.807, 2.05) is 0 Å². The Morgan fingerprint density at radius 2 is 2.12 bits per heavy atom. The molecule has 1 aliphatic heterocycles. The normalized spacial score (nSPS) is 26.8. The standard InChI is InChI=1S/C14H28N2/c1-5-13-11-16(9-7-12(3)4)10-8-14(13)15-6-2/h7,13-15H,5-6,8-11H2,1-4H3. The minimum Gasteiger partial charge on any atom is -0.314 e. The van der Waals surface area contributed by atoms with Gasteiger partial charge in [0.2, 0.25) is 0 Å². The van der Waals surface area contributed by atoms with Crippen LogP contribution in [0.25, 0.3) is 0 Å². The average molecular weight is 224 g/mol. The second-order valence-electron chi connectivity index (χ2n) is 5.16. The maximum absolute atomic E-state index is 3.63. The molecule has 0 aromatic rings. The largest absolute Gasteiger partial charge is 0.314 e. The van der Waals surface area contributed by atoms with Crippen molar-refractivity contribution in [2.24, 2.45) is 5.92 Å². The van der Waals surface area contributed by atoms with Gasteiger partial charge in [0.15, 0.2) is 0 Å². The van der Waals surface area contributed by atoms with E-state index in [-0.39, 0.29) is 0 Å². The fourth-order valence-corrected chi connectivity index (χ4v) is 2.53. The average Bonchev–Trinajstić information content (AvgIpc) is 2.28. The van der Waals surface area contributed by atoms with Gasteiger partial charge >= 0.3 is 0 Å². The zero-order valence-electron chi connectivity index (χ0n) is 11.4. The molecular formula is C14H28N2. The van der Waals surface area contributed by atoms with Crippen LogP contribution in [0.5, 0.6) is 0 Å². The molecule has 1 aliphatic rings. The fourth-order valence-electron chi connectivity index (χ4n) is 2.53. The molecule has 1 rings (SSSR count). The number of likely N-dealkylation sites (tertiary alicyclic amines) is 1. The number of allylic oxidation sites excluding steroid dienone is 1. The predicted molar refractivity (Wildman–Crippen MR) is 71.7 cm³/mol. The first-order valence-corrected chi connectivity index (χ1v) is 6.76. The van der Waals surface area contributed by atoms with Crippen LogP contribution in [-0.2, 0) is 0 Å². The van der Waals surface area contributed by atoms with Crippen LogP contribution in [0.3, 0.4) is 0 Å². The molecular weight excluding hydrogens is 196 g/mol. The molecule has 1 saturated heterocycles. The second-order valence-corrected chi connectivity index (χ2v) is 5.16. The molecule has 1 heterocycles. The van der Waals surface area contributed by atoms with E-state index < -0.39 is 0 Å². The van der Waals surface area contributed by atoms with E-state index in [1.165, 1.54) is 31.5 Å². The van der Waals surface area contributed by atoms with E-state index in [0.717, 1.165) is 25.0 Å². The summed E-state index contributed by atoms with van der Waals surface area (Å²) in [6.45, 7) is 13.6. The zero-order valence-corrected chi connectivity index (χ0v) is 11.4. The van der Waals surface area contributed by atoms with E-state index in [4.69, 9.17) is 0 Å². The summed E-state index contributed by atoms with van der Waals surface area (Å²) in [5.41, 5.74) is 1.43. The molecule has 0 aromatic heterocycles. The van der Waals surface area contributed by atoms with Crippen LogP contribution < -0.4 is 5.32 Å². The van der Waals surface area contributed by atoms with Crippen LogP contribution in [-0.4, -0.2) is 37.1 Å². The summed E-state index contributed by atoms with van der Waals surface area (Å²) in [7, 11) is 0. The van der Waals surface area contributed by atoms with Crippen LogP contribution in [0.1, 0.15) is 40.5 Å². The third kappa shape index (κ3) is 4.26. The molecule has 94 valence electrons. The Morgan fingerprint density at radius 3 is 2.69 bits per heavy atom. The van der Waals surface area contributed by atoms with Crippen molar-refractivity contribution in [1.29, 1.82) is 0 Å². The summed E-state index contributed by atoms with van der Waals surface area (Å²) in [6, 6.07) is 0.748. The molecule has 0 aromatic carbocycles. The van der Waals surface area contributed by atoms with E-state index >= 15 is 0 Å². The van der Waals surface area contributed by atoms with Crippen LogP contribution >= 0.6 is 0 Å². The lowest BCUT2D eigenvalue weighted by molar-refractivity contribution is 0.147. The lowest BCUT2D eigenvalue weighted by atomic mass is 9.90. The highest BCUT2D eigenvalue weighted by Gasteiger charge is 2.26. The smallest absolute Gasteiger partial charge is 0.0165 e. The quantitative estimate of drug-likeness (QED) is 0.722. The van der Waals surface area contributed by atoms with Gasteiger partial charge in [0.05, 0.1) is 0 Å². The molecule has 2 atom stereocenters. The van der Waals surface area contributed by atoms with Crippen LogP contribution in [0.15, 0.2) is 11.6 Å². The van der Waals surface area contributed by atoms with E-state index in [2.05, 4.69) is 44.0 Å². The van der Waals surface area contributed by atoms with Crippen LogP contribution in [0.4, 0.5) is 0 Å². The summed E-state index contributed by atoms with van der Waals surface area (Å²) >= 11 is 0. The first-order valence-electron chi connectivity index (χ1n) is 6.76. The van der Waals surface area contributed by atoms with Crippen LogP contribution in [0, 0.1) is 5.92 Å². The number of nitrogens with zero attached hydrogens (tertiary/aromatic N) is 1. The number of rotatable bonds is 5. The van der Waals surface area contributed by atoms with Crippen molar-refractivity contribution < 1.29 is 0 Å². The predicted octanol–water partition coefficient (Wildman–Crippen LogP) is 2.66. The van der Waals surface area contributed by atoms with Crippen molar-refractivity contribution >= 4 is 0 Å². The number of nitrogens with one attached hydrogen (secondary N) is 1. The lowest BCUT2D eigenvalue weighted by Gasteiger charge is -2.38. The molecule has 0 bridgehead atoms. The Hall–Kier alpha value is -0.340. The minimum absolute atomic E-state index is 0.748. The third-order valence-electron chi connectivity index (χ3n) is 3.57. The van der Waals surface area contributed by atoms with Gasteiger partial charge in [0.25, 0.3) is 0 Å². The van der Waals surface area contributed by atoms with E-state index in [1.54, 1.807) is 0 Å². The summed E-state index contributed by atoms with van der Waals surface area (Å²) in [5, 5.41) is 3.63. The highest BCUT2D eigenvalue weighted by atomic mass is 15.1. The molecule has 1 N–H and O–H groups in total. The first-order chi connectivity index (χ1) is 7.67. The summed E-state index contributed by atoms with van der Waals surface area (Å²) < 4.78 is 0. The van der Waals surface area contributed by atoms with E-state index in [9.17, 15) is 0 Å². The lowest BCUT2D eigenvalue weighted by Crippen LogP contribution is -2.49. The maximum Gasteiger partial charge on any atom is 0.0165 e. The van der Waals surface area contributed by atoms with Gasteiger partial charge in [0, 0.05) is 19.1 Å². The highest BCUT2D eigenvalue weighted by molar-refractivity contribution is 4.96. The molecule has 0 spiro atoms. The topological polar surface area (TPSA) is 15.3 Å². The Balaban J connectivity index is 2.42. The van der Waals surface area contributed by atoms with Gasteiger partial charge in [0.1, 0.15) is 0 Å². The van der Waals surface area contributed by atoms with Gasteiger partial charge in [-0.05, 0) is 39.3 Å². The van der Waals surface area contributed by atoms with Crippen molar-refractivity contribution in [2.75, 3.05) is 26.2 Å². The number of hydrogen-bond acceptors (Lipinski definition) is 2. The van der Waals surface area contributed by atoms with Crippen molar-refractivity contribution in [3.63, 3.8) is 0 Å². The molecule has 0 radical (unpaired) electrons. The van der Waals surface area contributed by atoms with Gasteiger partial charge in [-0.1, -0.05) is 31.9 Å². The van der Waals surface area contributed by atoms with Gasteiger partial charge < -0.3 is 5.32 Å². The van der Waals surface area contributed by atoms with Crippen LogP contribution in [0.2, 0.25) is 0 Å². The first kappa shape index (κ1) is 13.7. The second kappa shape index (κ2) is 7.08. The van der Waals surface area contributed by atoms with Crippen molar-refractivity contribution in [1.82, 2.24) is 10.2 Å². The number of piperidine rings is 1. The Labute approximate surface area is 101 Å². The molecule has 0 aliphatic carbocycles. The van der Waals surface area contributed by atoms with Gasteiger partial charge in [-0.3, -0.25) is 4.90 Å². The zero-order chi connectivity index (χ0) is 12.0.